The van der Waals surface area contributed by atoms with E-state index in [0.29, 0.717) is 40.3 Å². The molecule has 0 aliphatic rings. The van der Waals surface area contributed by atoms with Crippen LogP contribution in [0, 0.1) is 0 Å². The van der Waals surface area contributed by atoms with Gasteiger partial charge >= 0.3 is 6.72 Å². The van der Waals surface area contributed by atoms with Crippen LogP contribution in [0.1, 0.15) is 19.5 Å². The van der Waals surface area contributed by atoms with Gasteiger partial charge in [-0.25, -0.2) is 4.98 Å². The van der Waals surface area contributed by atoms with E-state index in [2.05, 4.69) is 9.97 Å². The van der Waals surface area contributed by atoms with Gasteiger partial charge in [-0.1, -0.05) is 23.2 Å². The van der Waals surface area contributed by atoms with Gasteiger partial charge in [0.15, 0.2) is 5.82 Å². The maximum Gasteiger partial charge on any atom is 0.381 e. The molecule has 1 aromatic carbocycles. The third-order valence-corrected chi connectivity index (χ3v) is 5.80. The molecule has 0 radical (unpaired) electrons. The molecule has 0 aliphatic heterocycles. The molecule has 0 aliphatic carbocycles. The average molecular weight is 437 g/mol. The molecule has 0 fully saturated rings. The van der Waals surface area contributed by atoms with Crippen LogP contribution in [0.2, 0.25) is 10.0 Å². The summed E-state index contributed by atoms with van der Waals surface area (Å²) in [5, 5.41) is 0.953. The van der Waals surface area contributed by atoms with Crippen molar-refractivity contribution in [3.05, 3.63) is 40.0 Å². The lowest BCUT2D eigenvalue weighted by atomic mass is 10.2. The third-order valence-electron chi connectivity index (χ3n) is 2.95. The van der Waals surface area contributed by atoms with Crippen LogP contribution in [0.15, 0.2) is 24.3 Å². The lowest BCUT2D eigenvalue weighted by molar-refractivity contribution is 0.181. The van der Waals surface area contributed by atoms with Crippen LogP contribution in [-0.4, -0.2) is 30.3 Å². The summed E-state index contributed by atoms with van der Waals surface area (Å²) in [6, 6.07) is 6.69. The van der Waals surface area contributed by atoms with Crippen molar-refractivity contribution in [2.75, 3.05) is 20.3 Å². The maximum absolute atomic E-state index is 6.08. The van der Waals surface area contributed by atoms with Crippen molar-refractivity contribution >= 4 is 41.7 Å². The monoisotopic (exact) mass is 436 g/mol. The van der Waals surface area contributed by atoms with Crippen LogP contribution in [0.25, 0.3) is 11.4 Å². The molecule has 142 valence electrons. The first-order chi connectivity index (χ1) is 12.4. The Labute approximate surface area is 168 Å². The van der Waals surface area contributed by atoms with Crippen molar-refractivity contribution in [1.29, 1.82) is 0 Å². The molecule has 0 saturated heterocycles. The van der Waals surface area contributed by atoms with Crippen LogP contribution >= 0.6 is 29.9 Å². The second kappa shape index (κ2) is 9.95. The fourth-order valence-corrected chi connectivity index (χ4v) is 4.60. The summed E-state index contributed by atoms with van der Waals surface area (Å²) in [6.07, 6.45) is 0. The third kappa shape index (κ3) is 6.13. The van der Waals surface area contributed by atoms with Gasteiger partial charge in [-0.2, -0.15) is 4.98 Å². The molecule has 2 rings (SSSR count). The standard InChI is InChI=1S/C16H19Cl2N2O4PS/c1-4-22-25(26,23-5-2)24-15-9-14(10-21-3)19-16(20-15)11-6-12(17)8-13(18)7-11/h6-9H,4-5,10H2,1-3H3. The molecule has 0 unspecified atom stereocenters. The average Bonchev–Trinajstić information content (AvgIpc) is 2.54. The first-order valence-electron chi connectivity index (χ1n) is 7.81. The van der Waals surface area contributed by atoms with Gasteiger partial charge in [0.2, 0.25) is 5.88 Å². The molecule has 26 heavy (non-hydrogen) atoms. The highest BCUT2D eigenvalue weighted by atomic mass is 35.5. The van der Waals surface area contributed by atoms with Gasteiger partial charge in [-0.15, -0.1) is 0 Å². The van der Waals surface area contributed by atoms with Crippen LogP contribution in [0.4, 0.5) is 0 Å². The normalized spacial score (nSPS) is 11.6. The van der Waals surface area contributed by atoms with Crippen LogP contribution in [0.3, 0.4) is 0 Å². The van der Waals surface area contributed by atoms with Crippen molar-refractivity contribution < 1.29 is 18.3 Å². The summed E-state index contributed by atoms with van der Waals surface area (Å²) in [6.45, 7) is 1.68. The molecule has 2 aromatic rings. The van der Waals surface area contributed by atoms with Crippen molar-refractivity contribution in [3.63, 3.8) is 0 Å². The molecule has 0 bridgehead atoms. The number of nitrogens with zero attached hydrogens (tertiary/aromatic N) is 2. The van der Waals surface area contributed by atoms with Crippen molar-refractivity contribution in [3.8, 4) is 17.3 Å². The van der Waals surface area contributed by atoms with Crippen LogP contribution < -0.4 is 4.52 Å². The van der Waals surface area contributed by atoms with E-state index in [1.807, 2.05) is 13.8 Å². The Bertz CT molecular complexity index is 780. The number of methoxy groups -OCH3 is 1. The molecule has 0 amide bonds. The summed E-state index contributed by atoms with van der Waals surface area (Å²) in [5.41, 5.74) is 1.25. The SMILES string of the molecule is CCOP(=S)(OCC)Oc1cc(COC)nc(-c2cc(Cl)cc(Cl)c2)n1. The zero-order valence-electron chi connectivity index (χ0n) is 14.6. The summed E-state index contributed by atoms with van der Waals surface area (Å²) in [7, 11) is 1.57. The Morgan fingerprint density at radius 3 is 2.15 bits per heavy atom. The molecule has 10 heteroatoms. The Balaban J connectivity index is 2.46. The number of rotatable bonds is 9. The first kappa shape index (κ1) is 21.5. The Hall–Kier alpha value is -0.790. The smallest absolute Gasteiger partial charge is 0.381 e. The molecule has 0 spiro atoms. The Kier molecular flexibility index (Phi) is 8.23. The number of hydrogen-bond acceptors (Lipinski definition) is 7. The van der Waals surface area contributed by atoms with Crippen molar-refractivity contribution in [2.45, 2.75) is 20.5 Å². The lowest BCUT2D eigenvalue weighted by Gasteiger charge is -2.20. The van der Waals surface area contributed by atoms with E-state index < -0.39 is 6.72 Å². The van der Waals surface area contributed by atoms with E-state index >= 15 is 0 Å². The van der Waals surface area contributed by atoms with Crippen LogP contribution in [-0.2, 0) is 32.2 Å². The van der Waals surface area contributed by atoms with E-state index in [1.165, 1.54) is 0 Å². The highest BCUT2D eigenvalue weighted by Crippen LogP contribution is 2.49. The summed E-state index contributed by atoms with van der Waals surface area (Å²) in [5.74, 6) is 0.622. The van der Waals surface area contributed by atoms with Crippen LogP contribution in [0.5, 0.6) is 5.88 Å². The van der Waals surface area contributed by atoms with E-state index in [9.17, 15) is 0 Å². The van der Waals surface area contributed by atoms with Gasteiger partial charge < -0.3 is 9.26 Å². The quantitative estimate of drug-likeness (QED) is 0.495. The molecule has 6 nitrogen and oxygen atoms in total. The largest absolute Gasteiger partial charge is 0.406 e. The molecular weight excluding hydrogens is 418 g/mol. The van der Waals surface area contributed by atoms with Gasteiger partial charge in [0.1, 0.15) is 0 Å². The highest BCUT2D eigenvalue weighted by molar-refractivity contribution is 8.07. The minimum atomic E-state index is -2.96. The summed E-state index contributed by atoms with van der Waals surface area (Å²) < 4.78 is 22.0. The fourth-order valence-electron chi connectivity index (χ4n) is 2.07. The lowest BCUT2D eigenvalue weighted by Crippen LogP contribution is -2.05. The Morgan fingerprint density at radius 1 is 1.00 bits per heavy atom. The van der Waals surface area contributed by atoms with Gasteiger partial charge in [-0.05, 0) is 32.0 Å². The zero-order valence-corrected chi connectivity index (χ0v) is 17.8. The van der Waals surface area contributed by atoms with E-state index in [-0.39, 0.29) is 12.5 Å². The van der Waals surface area contributed by atoms with Crippen molar-refractivity contribution in [1.82, 2.24) is 9.97 Å². The molecule has 0 N–H and O–H groups in total. The van der Waals surface area contributed by atoms with Gasteiger partial charge in [0.05, 0.1) is 25.5 Å². The Morgan fingerprint density at radius 2 is 1.62 bits per heavy atom. The second-order valence-electron chi connectivity index (χ2n) is 4.99. The predicted molar refractivity (Wildman–Crippen MR) is 106 cm³/mol. The number of benzene rings is 1. The van der Waals surface area contributed by atoms with E-state index in [0.717, 1.165) is 0 Å². The van der Waals surface area contributed by atoms with Gasteiger partial charge in [-0.3, -0.25) is 9.05 Å². The van der Waals surface area contributed by atoms with Gasteiger partial charge in [0.25, 0.3) is 0 Å². The number of aromatic nitrogens is 2. The zero-order chi connectivity index (χ0) is 19.2. The maximum atomic E-state index is 6.08. The number of ether oxygens (including phenoxy) is 1. The molecule has 0 saturated carbocycles. The topological polar surface area (TPSA) is 62.7 Å². The fraction of sp³-hybridized carbons (Fsp3) is 0.375. The molecule has 1 heterocycles. The van der Waals surface area contributed by atoms with Gasteiger partial charge in [0, 0.05) is 40.6 Å². The number of hydrogen-bond donors (Lipinski definition) is 0. The molecule has 1 aromatic heterocycles. The van der Waals surface area contributed by atoms with E-state index in [4.69, 9.17) is 53.3 Å². The molecule has 0 atom stereocenters. The second-order valence-corrected chi connectivity index (χ2v) is 8.79. The highest BCUT2D eigenvalue weighted by Gasteiger charge is 2.23. The summed E-state index contributed by atoms with van der Waals surface area (Å²) in [4.78, 5) is 8.87. The summed E-state index contributed by atoms with van der Waals surface area (Å²) >= 11 is 17.6. The first-order valence-corrected chi connectivity index (χ1v) is 11.1. The minimum absolute atomic E-state index is 0.239. The van der Waals surface area contributed by atoms with Crippen molar-refractivity contribution in [2.24, 2.45) is 0 Å². The number of halogens is 2. The molecular formula is C16H19Cl2N2O4PS. The predicted octanol–water partition coefficient (Wildman–Crippen LogP) is 5.27. The van der Waals surface area contributed by atoms with E-state index in [1.54, 1.807) is 31.4 Å². The minimum Gasteiger partial charge on any atom is -0.406 e.